The Morgan fingerprint density at radius 2 is 1.77 bits per heavy atom. The molecule has 1 amide bonds. The van der Waals surface area contributed by atoms with E-state index in [0.717, 1.165) is 42.4 Å². The largest absolute Gasteiger partial charge is 0.337 e. The van der Waals surface area contributed by atoms with Gasteiger partial charge in [0.1, 0.15) is 0 Å². The Balaban J connectivity index is 1.59. The van der Waals surface area contributed by atoms with Crippen molar-refractivity contribution in [3.63, 3.8) is 0 Å². The molecule has 2 aliphatic heterocycles. The summed E-state index contributed by atoms with van der Waals surface area (Å²) in [5.74, 6) is 11.7. The van der Waals surface area contributed by atoms with Crippen molar-refractivity contribution in [2.24, 2.45) is 5.92 Å². The van der Waals surface area contributed by atoms with Gasteiger partial charge in [-0.2, -0.15) is 0 Å². The molecule has 2 saturated heterocycles. The van der Waals surface area contributed by atoms with Gasteiger partial charge in [0.2, 0.25) is 11.9 Å². The number of benzene rings is 1. The average Bonchev–Trinajstić information content (AvgIpc) is 2.73. The van der Waals surface area contributed by atoms with Crippen molar-refractivity contribution in [3.8, 4) is 0 Å². The van der Waals surface area contributed by atoms with Gasteiger partial charge in [0.15, 0.2) is 0 Å². The normalized spacial score (nSPS) is 22.1. The molecule has 0 spiro atoms. The van der Waals surface area contributed by atoms with Crippen LogP contribution in [0, 0.1) is 19.8 Å². The first kappa shape index (κ1) is 20.9. The van der Waals surface area contributed by atoms with E-state index in [2.05, 4.69) is 62.7 Å². The predicted molar refractivity (Wildman–Crippen MR) is 129 cm³/mol. The number of hydrogen-bond acceptors (Lipinski definition) is 4. The number of nitrogens with zero attached hydrogens (tertiary/aromatic N) is 4. The quantitative estimate of drug-likeness (QED) is 0.707. The Labute approximate surface area is 180 Å². The van der Waals surface area contributed by atoms with E-state index in [9.17, 15) is 4.79 Å². The molecular weight excluding hydrogens is 392 g/mol. The van der Waals surface area contributed by atoms with E-state index in [1.807, 2.05) is 19.3 Å². The third-order valence-corrected chi connectivity index (χ3v) is 8.49. The molecule has 0 N–H and O–H groups in total. The highest BCUT2D eigenvalue weighted by Gasteiger charge is 2.36. The first-order valence-corrected chi connectivity index (χ1v) is 13.0. The maximum atomic E-state index is 13.6. The van der Waals surface area contributed by atoms with Gasteiger partial charge in [-0.3, -0.25) is 4.79 Å². The van der Waals surface area contributed by atoms with Crippen LogP contribution in [-0.2, 0) is 4.79 Å². The summed E-state index contributed by atoms with van der Waals surface area (Å²) < 4.78 is 0. The third kappa shape index (κ3) is 4.53. The van der Waals surface area contributed by atoms with Crippen LogP contribution in [0.4, 0.5) is 5.95 Å². The SMILES string of the molecule is C=S1(=C)CCC(C(=O)N2CCN(c3ncc(C)cn3)CC2c2cccc(C)c2)CC1. The standard InChI is InChI=1S/C24H32N4OS/c1-18-6-5-7-21(14-18)22-17-27(24-25-15-19(2)16-26-24)10-11-28(22)23(29)20-8-12-30(3,4)13-9-20/h5-7,14-16,20,22H,3-4,8-13,17H2,1-2H3. The minimum absolute atomic E-state index is 0.00888. The molecule has 0 aliphatic carbocycles. The van der Waals surface area contributed by atoms with Crippen molar-refractivity contribution in [1.82, 2.24) is 14.9 Å². The Morgan fingerprint density at radius 1 is 1.07 bits per heavy atom. The summed E-state index contributed by atoms with van der Waals surface area (Å²) in [7, 11) is -0.995. The maximum Gasteiger partial charge on any atom is 0.226 e. The number of anilines is 1. The molecule has 1 aromatic heterocycles. The Bertz CT molecular complexity index is 1000. The average molecular weight is 425 g/mol. The van der Waals surface area contributed by atoms with Gasteiger partial charge < -0.3 is 9.80 Å². The number of hydrogen-bond donors (Lipinski definition) is 0. The Morgan fingerprint density at radius 3 is 2.43 bits per heavy atom. The van der Waals surface area contributed by atoms with Crippen molar-refractivity contribution in [2.45, 2.75) is 32.7 Å². The first-order valence-electron chi connectivity index (χ1n) is 10.7. The third-order valence-electron chi connectivity index (χ3n) is 6.29. The molecule has 2 aromatic rings. The molecule has 0 bridgehead atoms. The molecule has 0 radical (unpaired) electrons. The zero-order valence-corrected chi connectivity index (χ0v) is 18.9. The Kier molecular flexibility index (Phi) is 5.87. The summed E-state index contributed by atoms with van der Waals surface area (Å²) in [6, 6.07) is 8.53. The molecule has 6 heteroatoms. The molecule has 5 nitrogen and oxygen atoms in total. The Hall–Kier alpha value is -2.34. The lowest BCUT2D eigenvalue weighted by Crippen LogP contribution is -2.53. The topological polar surface area (TPSA) is 49.3 Å². The molecule has 4 rings (SSSR count). The van der Waals surface area contributed by atoms with Gasteiger partial charge in [0.05, 0.1) is 6.04 Å². The molecule has 30 heavy (non-hydrogen) atoms. The van der Waals surface area contributed by atoms with Gasteiger partial charge in [-0.05, 0) is 49.3 Å². The number of aromatic nitrogens is 2. The van der Waals surface area contributed by atoms with E-state index in [1.54, 1.807) is 0 Å². The zero-order valence-electron chi connectivity index (χ0n) is 18.1. The lowest BCUT2D eigenvalue weighted by molar-refractivity contribution is -0.138. The number of carbonyl (C=O) groups excluding carboxylic acids is 1. The maximum absolute atomic E-state index is 13.6. The molecule has 3 heterocycles. The summed E-state index contributed by atoms with van der Waals surface area (Å²) in [4.78, 5) is 26.9. The number of piperazine rings is 1. The second-order valence-corrected chi connectivity index (χ2v) is 12.1. The molecule has 160 valence electrons. The van der Waals surface area contributed by atoms with Gasteiger partial charge in [0, 0.05) is 37.9 Å². The van der Waals surface area contributed by atoms with Crippen molar-refractivity contribution < 1.29 is 4.79 Å². The van der Waals surface area contributed by atoms with Crippen LogP contribution in [0.1, 0.15) is 35.6 Å². The molecule has 1 atom stereocenters. The highest BCUT2D eigenvalue weighted by Crippen LogP contribution is 2.36. The summed E-state index contributed by atoms with van der Waals surface area (Å²) >= 11 is 0. The minimum Gasteiger partial charge on any atom is -0.337 e. The van der Waals surface area contributed by atoms with Crippen LogP contribution < -0.4 is 4.90 Å². The second-order valence-electron chi connectivity index (χ2n) is 8.88. The fraction of sp³-hybridized carbons (Fsp3) is 0.458. The van der Waals surface area contributed by atoms with Crippen molar-refractivity contribution in [1.29, 1.82) is 0 Å². The van der Waals surface area contributed by atoms with E-state index in [0.29, 0.717) is 19.0 Å². The number of rotatable bonds is 3. The molecule has 2 fully saturated rings. The van der Waals surface area contributed by atoms with Crippen LogP contribution in [-0.4, -0.2) is 63.7 Å². The van der Waals surface area contributed by atoms with Crippen LogP contribution in [0.5, 0.6) is 0 Å². The van der Waals surface area contributed by atoms with Crippen LogP contribution in [0.3, 0.4) is 0 Å². The summed E-state index contributed by atoms with van der Waals surface area (Å²) in [5.41, 5.74) is 3.45. The summed E-state index contributed by atoms with van der Waals surface area (Å²) in [6.07, 6.45) is 5.55. The minimum atomic E-state index is -0.995. The van der Waals surface area contributed by atoms with Gasteiger partial charge in [0.25, 0.3) is 0 Å². The fourth-order valence-electron chi connectivity index (χ4n) is 4.45. The van der Waals surface area contributed by atoms with E-state index < -0.39 is 9.21 Å². The first-order chi connectivity index (χ1) is 14.3. The molecule has 1 aromatic carbocycles. The van der Waals surface area contributed by atoms with Crippen LogP contribution in [0.15, 0.2) is 36.7 Å². The number of aryl methyl sites for hydroxylation is 2. The van der Waals surface area contributed by atoms with E-state index in [-0.39, 0.29) is 12.0 Å². The molecule has 1 unspecified atom stereocenters. The summed E-state index contributed by atoms with van der Waals surface area (Å²) in [5, 5.41) is 0. The van der Waals surface area contributed by atoms with Crippen molar-refractivity contribution >= 4 is 32.8 Å². The molecule has 2 aliphatic rings. The highest BCUT2D eigenvalue weighted by atomic mass is 32.2. The zero-order chi connectivity index (χ0) is 21.3. The van der Waals surface area contributed by atoms with Gasteiger partial charge in [-0.25, -0.2) is 19.2 Å². The van der Waals surface area contributed by atoms with Gasteiger partial charge in [-0.1, -0.05) is 41.6 Å². The van der Waals surface area contributed by atoms with E-state index >= 15 is 0 Å². The molecule has 0 saturated carbocycles. The number of amides is 1. The van der Waals surface area contributed by atoms with Gasteiger partial charge >= 0.3 is 0 Å². The van der Waals surface area contributed by atoms with Crippen LogP contribution >= 0.6 is 9.21 Å². The smallest absolute Gasteiger partial charge is 0.226 e. The van der Waals surface area contributed by atoms with E-state index in [4.69, 9.17) is 0 Å². The van der Waals surface area contributed by atoms with Crippen molar-refractivity contribution in [2.75, 3.05) is 36.0 Å². The van der Waals surface area contributed by atoms with Crippen LogP contribution in [0.2, 0.25) is 0 Å². The lowest BCUT2D eigenvalue weighted by atomic mass is 9.95. The van der Waals surface area contributed by atoms with Gasteiger partial charge in [-0.15, -0.1) is 0 Å². The van der Waals surface area contributed by atoms with Crippen molar-refractivity contribution in [3.05, 3.63) is 53.3 Å². The number of carbonyl (C=O) groups is 1. The predicted octanol–water partition coefficient (Wildman–Crippen LogP) is 3.56. The monoisotopic (exact) mass is 424 g/mol. The highest BCUT2D eigenvalue weighted by molar-refractivity contribution is 8.27. The second kappa shape index (κ2) is 8.42. The molecular formula is C24H32N4OS. The summed E-state index contributed by atoms with van der Waals surface area (Å²) in [6.45, 7) is 6.26. The lowest BCUT2D eigenvalue weighted by Gasteiger charge is -2.43. The fourth-order valence-corrected chi connectivity index (χ4v) is 6.23. The van der Waals surface area contributed by atoms with E-state index in [1.165, 1.54) is 11.1 Å². The van der Waals surface area contributed by atoms with Crippen LogP contribution in [0.25, 0.3) is 0 Å².